The van der Waals surface area contributed by atoms with Crippen LogP contribution in [0.5, 0.6) is 0 Å². The Morgan fingerprint density at radius 1 is 1.11 bits per heavy atom. The quantitative estimate of drug-likeness (QED) is 0.337. The lowest BCUT2D eigenvalue weighted by molar-refractivity contribution is 0.0120. The molecule has 4 unspecified atom stereocenters. The summed E-state index contributed by atoms with van der Waals surface area (Å²) in [5, 5.41) is 15.0. The number of nitrogens with one attached hydrogen (secondary N) is 1. The first-order chi connectivity index (χ1) is 17.3. The molecule has 1 saturated heterocycles. The molecule has 1 heterocycles. The number of aliphatic hydroxyl groups is 1. The summed E-state index contributed by atoms with van der Waals surface area (Å²) < 4.78 is 0. The molecule has 204 valence electrons. The molecule has 2 fully saturated rings. The Hall–Kier alpha value is -0.610. The largest absolute Gasteiger partial charge is 0.396 e. The van der Waals surface area contributed by atoms with Crippen molar-refractivity contribution < 1.29 is 5.11 Å². The summed E-state index contributed by atoms with van der Waals surface area (Å²) in [5.41, 5.74) is 3.43. The van der Waals surface area contributed by atoms with E-state index in [2.05, 4.69) is 56.1 Å². The smallest absolute Gasteiger partial charge is 0.0465 e. The van der Waals surface area contributed by atoms with Crippen molar-refractivity contribution >= 4 is 11.6 Å². The van der Waals surface area contributed by atoms with Crippen LogP contribution >= 0.6 is 11.6 Å². The lowest BCUT2D eigenvalue weighted by atomic mass is 9.65. The molecular weight excluding hydrogens is 464 g/mol. The van der Waals surface area contributed by atoms with Crippen LogP contribution in [0.2, 0.25) is 0 Å². The maximum atomic E-state index is 9.92. The van der Waals surface area contributed by atoms with Crippen LogP contribution in [-0.4, -0.2) is 48.8 Å². The number of nitrogens with zero attached hydrogens (tertiary/aromatic N) is 1. The first-order valence-electron chi connectivity index (χ1n) is 15.1. The molecule has 0 aromatic carbocycles. The molecule has 2 N–H and O–H groups in total. The molecule has 1 saturated carbocycles. The first-order valence-corrected chi connectivity index (χ1v) is 15.4. The number of hydrogen-bond acceptors (Lipinski definition) is 3. The minimum Gasteiger partial charge on any atom is -0.396 e. The molecule has 1 aliphatic heterocycles. The predicted molar refractivity (Wildman–Crippen MR) is 154 cm³/mol. The van der Waals surface area contributed by atoms with E-state index in [1.807, 2.05) is 0 Å². The van der Waals surface area contributed by atoms with Gasteiger partial charge in [0.2, 0.25) is 0 Å². The van der Waals surface area contributed by atoms with Crippen LogP contribution in [0.4, 0.5) is 0 Å². The highest BCUT2D eigenvalue weighted by Crippen LogP contribution is 2.45. The summed E-state index contributed by atoms with van der Waals surface area (Å²) in [6.07, 6.45) is 19.5. The number of hydrogen-bond donors (Lipinski definition) is 2. The van der Waals surface area contributed by atoms with Crippen LogP contribution in [0.25, 0.3) is 0 Å². The van der Waals surface area contributed by atoms with Crippen LogP contribution in [0.1, 0.15) is 91.9 Å². The van der Waals surface area contributed by atoms with Crippen molar-refractivity contribution in [1.82, 2.24) is 10.2 Å². The average Bonchev–Trinajstić information content (AvgIpc) is 2.87. The molecule has 0 aromatic rings. The number of aliphatic hydroxyl groups excluding tert-OH is 1. The highest BCUT2D eigenvalue weighted by molar-refractivity contribution is 6.29. The Kier molecular flexibility index (Phi) is 10.2. The predicted octanol–water partition coefficient (Wildman–Crippen LogP) is 7.32. The standard InChI is InChI=1S/C32H53ClN2O/c1-23(2)31(20-35-17-16-30(32(3,4)22-35)25-12-14-28(33)15-13-25)34-19-24-8-7-10-26(18-24)29-11-6-5-9-27(29)21-36/h8,14,18,23,25,27,29-31,34,36H,5-7,9-13,15-17,19-22H2,1-4H3/t25?,27?,29?,30?,31-/m0/s1. The summed E-state index contributed by atoms with van der Waals surface area (Å²) >= 11 is 6.28. The molecule has 0 radical (unpaired) electrons. The monoisotopic (exact) mass is 516 g/mol. The number of piperidine rings is 1. The second kappa shape index (κ2) is 13.0. The lowest BCUT2D eigenvalue weighted by Gasteiger charge is -2.49. The van der Waals surface area contributed by atoms with E-state index in [1.54, 1.807) is 5.57 Å². The van der Waals surface area contributed by atoms with Gasteiger partial charge < -0.3 is 15.3 Å². The molecule has 0 spiro atoms. The Morgan fingerprint density at radius 3 is 2.61 bits per heavy atom. The van der Waals surface area contributed by atoms with E-state index < -0.39 is 0 Å². The van der Waals surface area contributed by atoms with Gasteiger partial charge in [-0.15, -0.1) is 0 Å². The fraction of sp³-hybridized carbons (Fsp3) is 0.812. The molecule has 4 heteroatoms. The van der Waals surface area contributed by atoms with E-state index >= 15 is 0 Å². The van der Waals surface area contributed by atoms with Gasteiger partial charge in [-0.3, -0.25) is 0 Å². The fourth-order valence-electron chi connectivity index (χ4n) is 7.86. The zero-order valence-electron chi connectivity index (χ0n) is 23.6. The van der Waals surface area contributed by atoms with Gasteiger partial charge in [-0.2, -0.15) is 0 Å². The highest BCUT2D eigenvalue weighted by Gasteiger charge is 2.40. The van der Waals surface area contributed by atoms with Crippen molar-refractivity contribution in [3.63, 3.8) is 0 Å². The van der Waals surface area contributed by atoms with Crippen molar-refractivity contribution in [3.8, 4) is 0 Å². The molecule has 0 bridgehead atoms. The van der Waals surface area contributed by atoms with Crippen LogP contribution < -0.4 is 5.32 Å². The van der Waals surface area contributed by atoms with Gasteiger partial charge in [-0.05, 0) is 98.5 Å². The molecular formula is C32H53ClN2O. The summed E-state index contributed by atoms with van der Waals surface area (Å²) in [6, 6.07) is 0.508. The zero-order valence-corrected chi connectivity index (χ0v) is 24.3. The van der Waals surface area contributed by atoms with Gasteiger partial charge >= 0.3 is 0 Å². The molecule has 3 aliphatic carbocycles. The first kappa shape index (κ1) is 28.4. The SMILES string of the molecule is CC(C)[C@H](CN1CCC(C2CC=C(Cl)CC2)C(C)(C)C1)NCC1=CCCC(C2CCCCC2CO)=C1. The van der Waals surface area contributed by atoms with Crippen molar-refractivity contribution in [2.24, 2.45) is 35.0 Å². The van der Waals surface area contributed by atoms with E-state index in [0.29, 0.717) is 35.8 Å². The van der Waals surface area contributed by atoms with Crippen LogP contribution in [0.15, 0.2) is 34.4 Å². The summed E-state index contributed by atoms with van der Waals surface area (Å²) in [4.78, 5) is 2.74. The third-order valence-electron chi connectivity index (χ3n) is 10.0. The van der Waals surface area contributed by atoms with Crippen LogP contribution in [0, 0.1) is 35.0 Å². The normalized spacial score (nSPS) is 32.6. The van der Waals surface area contributed by atoms with Gasteiger partial charge in [0.15, 0.2) is 0 Å². The van der Waals surface area contributed by atoms with Crippen molar-refractivity contribution in [2.75, 3.05) is 32.8 Å². The van der Waals surface area contributed by atoms with Gasteiger partial charge in [0.1, 0.15) is 0 Å². The third-order valence-corrected chi connectivity index (χ3v) is 10.4. The van der Waals surface area contributed by atoms with E-state index in [0.717, 1.165) is 42.8 Å². The minimum atomic E-state index is 0.354. The number of likely N-dealkylation sites (tertiary alicyclic amines) is 1. The Balaban J connectivity index is 1.31. The maximum Gasteiger partial charge on any atom is 0.0465 e. The van der Waals surface area contributed by atoms with Gasteiger partial charge in [0.05, 0.1) is 0 Å². The van der Waals surface area contributed by atoms with Gasteiger partial charge in [-0.1, -0.05) is 75.9 Å². The van der Waals surface area contributed by atoms with Crippen LogP contribution in [0.3, 0.4) is 0 Å². The minimum absolute atomic E-state index is 0.354. The Labute approximate surface area is 226 Å². The number of rotatable bonds is 9. The molecule has 4 rings (SSSR count). The molecule has 0 amide bonds. The molecule has 36 heavy (non-hydrogen) atoms. The summed E-state index contributed by atoms with van der Waals surface area (Å²) in [7, 11) is 0. The van der Waals surface area contributed by atoms with Crippen LogP contribution in [-0.2, 0) is 0 Å². The molecule has 4 aliphatic rings. The van der Waals surface area contributed by atoms with E-state index in [9.17, 15) is 5.11 Å². The van der Waals surface area contributed by atoms with E-state index in [-0.39, 0.29) is 0 Å². The molecule has 0 aromatic heterocycles. The van der Waals surface area contributed by atoms with Crippen molar-refractivity contribution in [1.29, 1.82) is 0 Å². The van der Waals surface area contributed by atoms with Gasteiger partial charge in [0.25, 0.3) is 0 Å². The number of allylic oxidation sites excluding steroid dienone is 4. The molecule has 5 atom stereocenters. The van der Waals surface area contributed by atoms with E-state index in [4.69, 9.17) is 11.6 Å². The number of halogens is 1. The summed E-state index contributed by atoms with van der Waals surface area (Å²) in [6.45, 7) is 14.7. The summed E-state index contributed by atoms with van der Waals surface area (Å²) in [5.74, 6) is 3.30. The maximum absolute atomic E-state index is 9.92. The second-order valence-electron chi connectivity index (χ2n) is 13.4. The average molecular weight is 517 g/mol. The van der Waals surface area contributed by atoms with Gasteiger partial charge in [-0.25, -0.2) is 0 Å². The fourth-order valence-corrected chi connectivity index (χ4v) is 8.06. The molecule has 3 nitrogen and oxygen atoms in total. The highest BCUT2D eigenvalue weighted by atomic mass is 35.5. The lowest BCUT2D eigenvalue weighted by Crippen LogP contribution is -2.53. The second-order valence-corrected chi connectivity index (χ2v) is 13.9. The topological polar surface area (TPSA) is 35.5 Å². The van der Waals surface area contributed by atoms with E-state index in [1.165, 1.54) is 70.0 Å². The third kappa shape index (κ3) is 7.28. The van der Waals surface area contributed by atoms with Crippen molar-refractivity contribution in [2.45, 2.75) is 97.9 Å². The Bertz CT molecular complexity index is 813. The zero-order chi connectivity index (χ0) is 25.7. The van der Waals surface area contributed by atoms with Crippen molar-refractivity contribution in [3.05, 3.63) is 34.4 Å². The van der Waals surface area contributed by atoms with Gasteiger partial charge in [0, 0.05) is 37.3 Å². The Morgan fingerprint density at radius 2 is 1.92 bits per heavy atom.